The Labute approximate surface area is 151 Å². The van der Waals surface area contributed by atoms with E-state index in [1.807, 2.05) is 37.3 Å². The van der Waals surface area contributed by atoms with Gasteiger partial charge in [-0.3, -0.25) is 0 Å². The number of hydrogen-bond acceptors (Lipinski definition) is 6. The second kappa shape index (κ2) is 7.99. The molecule has 3 rings (SSSR count). The molecule has 1 aromatic heterocycles. The lowest BCUT2D eigenvalue weighted by atomic mass is 10.2. The van der Waals surface area contributed by atoms with Crippen molar-refractivity contribution < 1.29 is 23.5 Å². The Bertz CT molecular complexity index is 934. The van der Waals surface area contributed by atoms with Crippen LogP contribution in [0.1, 0.15) is 5.56 Å². The van der Waals surface area contributed by atoms with Crippen LogP contribution in [0.4, 0.5) is 0 Å². The van der Waals surface area contributed by atoms with Crippen LogP contribution in [-0.4, -0.2) is 22.0 Å². The first-order chi connectivity index (χ1) is 12.5. The van der Waals surface area contributed by atoms with Crippen LogP contribution >= 0.6 is 8.25 Å². The molecule has 3 aromatic rings. The minimum atomic E-state index is -3.10. The highest BCUT2D eigenvalue weighted by Crippen LogP contribution is 2.32. The van der Waals surface area contributed by atoms with Gasteiger partial charge >= 0.3 is 8.25 Å². The van der Waals surface area contributed by atoms with Crippen molar-refractivity contribution in [3.05, 3.63) is 60.2 Å². The molecular formula is C18H17N2O5P. The summed E-state index contributed by atoms with van der Waals surface area (Å²) in [4.78, 5) is 17.7. The molecule has 0 aliphatic heterocycles. The summed E-state index contributed by atoms with van der Waals surface area (Å²) in [6.45, 7) is 1.82. The van der Waals surface area contributed by atoms with Gasteiger partial charge in [0, 0.05) is 11.6 Å². The molecule has 0 fully saturated rings. The van der Waals surface area contributed by atoms with Crippen LogP contribution in [0.15, 0.2) is 54.6 Å². The molecule has 0 saturated heterocycles. The topological polar surface area (TPSA) is 90.8 Å². The zero-order valence-corrected chi connectivity index (χ0v) is 15.2. The number of rotatable bonds is 6. The van der Waals surface area contributed by atoms with E-state index in [1.54, 1.807) is 18.2 Å². The average Bonchev–Trinajstić information content (AvgIpc) is 2.61. The van der Waals surface area contributed by atoms with Gasteiger partial charge in [-0.15, -0.1) is 0 Å². The third kappa shape index (κ3) is 4.59. The molecule has 7 nitrogen and oxygen atoms in total. The van der Waals surface area contributed by atoms with Gasteiger partial charge in [-0.05, 0) is 24.6 Å². The summed E-state index contributed by atoms with van der Waals surface area (Å²) in [6, 6.07) is 15.9. The van der Waals surface area contributed by atoms with E-state index < -0.39 is 8.25 Å². The summed E-state index contributed by atoms with van der Waals surface area (Å²) >= 11 is 0. The number of hydrogen-bond donors (Lipinski definition) is 1. The van der Waals surface area contributed by atoms with Crippen molar-refractivity contribution in [1.82, 2.24) is 9.97 Å². The molecule has 1 unspecified atom stereocenters. The highest BCUT2D eigenvalue weighted by atomic mass is 31.1. The van der Waals surface area contributed by atoms with E-state index >= 15 is 0 Å². The number of aryl methyl sites for hydroxylation is 1. The SMILES string of the molecule is COc1cc(Oc2cc(C)cc(O[PH](=O)O)c2)nc(-c2ccccc2)n1. The summed E-state index contributed by atoms with van der Waals surface area (Å²) in [7, 11) is -1.58. The van der Waals surface area contributed by atoms with Gasteiger partial charge in [-0.25, -0.2) is 4.57 Å². The molecule has 2 aromatic carbocycles. The lowest BCUT2D eigenvalue weighted by Gasteiger charge is -2.11. The highest BCUT2D eigenvalue weighted by Gasteiger charge is 2.10. The largest absolute Gasteiger partial charge is 0.481 e. The van der Waals surface area contributed by atoms with Gasteiger partial charge in [-0.2, -0.15) is 9.97 Å². The molecule has 134 valence electrons. The molecule has 8 heteroatoms. The maximum Gasteiger partial charge on any atom is 0.365 e. The first kappa shape index (κ1) is 17.9. The summed E-state index contributed by atoms with van der Waals surface area (Å²) in [6.07, 6.45) is 0. The smallest absolute Gasteiger partial charge is 0.365 e. The molecule has 0 saturated carbocycles. The summed E-state index contributed by atoms with van der Waals surface area (Å²) in [5.41, 5.74) is 1.63. The Morgan fingerprint density at radius 2 is 1.65 bits per heavy atom. The van der Waals surface area contributed by atoms with Crippen molar-refractivity contribution in [2.45, 2.75) is 6.92 Å². The number of ether oxygens (including phenoxy) is 2. The second-order valence-electron chi connectivity index (χ2n) is 5.39. The monoisotopic (exact) mass is 372 g/mol. The predicted octanol–water partition coefficient (Wildman–Crippen LogP) is 4.01. The molecular weight excluding hydrogens is 355 g/mol. The molecule has 1 N–H and O–H groups in total. The fourth-order valence-corrected chi connectivity index (χ4v) is 2.65. The summed E-state index contributed by atoms with van der Waals surface area (Å²) in [5.74, 6) is 1.77. The predicted molar refractivity (Wildman–Crippen MR) is 97.1 cm³/mol. The van der Waals surface area contributed by atoms with E-state index in [1.165, 1.54) is 13.2 Å². The first-order valence-electron chi connectivity index (χ1n) is 7.72. The van der Waals surface area contributed by atoms with Crippen LogP contribution in [0, 0.1) is 6.92 Å². The van der Waals surface area contributed by atoms with Crippen molar-refractivity contribution in [3.8, 4) is 34.6 Å². The minimum Gasteiger partial charge on any atom is -0.481 e. The molecule has 0 aliphatic rings. The molecule has 0 amide bonds. The zero-order valence-electron chi connectivity index (χ0n) is 14.2. The maximum absolute atomic E-state index is 10.9. The van der Waals surface area contributed by atoms with Crippen molar-refractivity contribution >= 4 is 8.25 Å². The van der Waals surface area contributed by atoms with E-state index in [-0.39, 0.29) is 11.6 Å². The Morgan fingerprint density at radius 1 is 0.962 bits per heavy atom. The number of aromatic nitrogens is 2. The Kier molecular flexibility index (Phi) is 5.51. The van der Waals surface area contributed by atoms with Crippen LogP contribution in [0.3, 0.4) is 0 Å². The average molecular weight is 372 g/mol. The molecule has 0 bridgehead atoms. The van der Waals surface area contributed by atoms with E-state index in [9.17, 15) is 4.57 Å². The van der Waals surface area contributed by atoms with Gasteiger partial charge < -0.3 is 18.9 Å². The van der Waals surface area contributed by atoms with Gasteiger partial charge in [0.25, 0.3) is 0 Å². The molecule has 1 heterocycles. The Morgan fingerprint density at radius 3 is 2.35 bits per heavy atom. The minimum absolute atomic E-state index is 0.246. The van der Waals surface area contributed by atoms with Crippen LogP contribution in [0.25, 0.3) is 11.4 Å². The Hall–Kier alpha value is -2.89. The van der Waals surface area contributed by atoms with Crippen molar-refractivity contribution in [3.63, 3.8) is 0 Å². The molecule has 26 heavy (non-hydrogen) atoms. The van der Waals surface area contributed by atoms with Gasteiger partial charge in [0.15, 0.2) is 5.82 Å². The first-order valence-corrected chi connectivity index (χ1v) is 8.98. The van der Waals surface area contributed by atoms with Crippen LogP contribution < -0.4 is 14.0 Å². The molecule has 0 spiro atoms. The molecule has 1 atom stereocenters. The van der Waals surface area contributed by atoms with Crippen molar-refractivity contribution in [1.29, 1.82) is 0 Å². The van der Waals surface area contributed by atoms with Gasteiger partial charge in [0.05, 0.1) is 13.2 Å². The quantitative estimate of drug-likeness (QED) is 0.654. The second-order valence-corrected chi connectivity index (χ2v) is 6.13. The van der Waals surface area contributed by atoms with E-state index in [0.717, 1.165) is 11.1 Å². The maximum atomic E-state index is 10.9. The van der Waals surface area contributed by atoms with Crippen LogP contribution in [-0.2, 0) is 4.57 Å². The van der Waals surface area contributed by atoms with Crippen LogP contribution in [0.5, 0.6) is 23.3 Å². The fourth-order valence-electron chi connectivity index (χ4n) is 2.33. The third-order valence-corrected chi connectivity index (χ3v) is 3.78. The number of methoxy groups -OCH3 is 1. The number of benzene rings is 2. The third-order valence-electron chi connectivity index (χ3n) is 3.37. The summed E-state index contributed by atoms with van der Waals surface area (Å²) < 4.78 is 26.8. The lowest BCUT2D eigenvalue weighted by molar-refractivity contribution is 0.388. The highest BCUT2D eigenvalue weighted by molar-refractivity contribution is 7.32. The Balaban J connectivity index is 1.95. The van der Waals surface area contributed by atoms with Gasteiger partial charge in [0.1, 0.15) is 11.5 Å². The van der Waals surface area contributed by atoms with E-state index in [4.69, 9.17) is 18.9 Å². The van der Waals surface area contributed by atoms with Gasteiger partial charge in [0.2, 0.25) is 11.8 Å². The molecule has 0 radical (unpaired) electrons. The number of nitrogens with zero attached hydrogens (tertiary/aromatic N) is 2. The van der Waals surface area contributed by atoms with Crippen LogP contribution in [0.2, 0.25) is 0 Å². The normalized spacial score (nSPS) is 11.7. The summed E-state index contributed by atoms with van der Waals surface area (Å²) in [5, 5.41) is 0. The zero-order chi connectivity index (χ0) is 18.5. The molecule has 0 aliphatic carbocycles. The van der Waals surface area contributed by atoms with Gasteiger partial charge in [-0.1, -0.05) is 30.3 Å². The van der Waals surface area contributed by atoms with E-state index in [2.05, 4.69) is 9.97 Å². The standard InChI is InChI=1S/C18H17N2O5P/c1-12-8-14(10-15(9-12)25-26(21)22)24-17-11-16(23-2)19-18(20-17)13-6-4-3-5-7-13/h3-11,26H,1-2H3,(H,21,22). The fraction of sp³-hybridized carbons (Fsp3) is 0.111. The lowest BCUT2D eigenvalue weighted by Crippen LogP contribution is -1.97. The van der Waals surface area contributed by atoms with E-state index in [0.29, 0.717) is 17.5 Å². The van der Waals surface area contributed by atoms with Crippen molar-refractivity contribution in [2.24, 2.45) is 0 Å². The van der Waals surface area contributed by atoms with Crippen molar-refractivity contribution in [2.75, 3.05) is 7.11 Å².